The first-order valence-electron chi connectivity index (χ1n) is 5.03. The molecule has 1 atom stereocenters. The Kier molecular flexibility index (Phi) is 3.94. The van der Waals surface area contributed by atoms with E-state index in [4.69, 9.17) is 0 Å². The summed E-state index contributed by atoms with van der Waals surface area (Å²) in [6.07, 6.45) is 9.53. The van der Waals surface area contributed by atoms with Gasteiger partial charge in [-0.1, -0.05) is 17.7 Å². The van der Waals surface area contributed by atoms with Gasteiger partial charge in [-0.3, -0.25) is 4.79 Å². The number of hydrogen-bond acceptors (Lipinski definition) is 1. The van der Waals surface area contributed by atoms with Crippen molar-refractivity contribution >= 4 is 5.78 Å². The molecule has 0 spiro atoms. The molecule has 1 aliphatic carbocycles. The smallest absolute Gasteiger partial charge is 0.133 e. The molecule has 0 radical (unpaired) electrons. The normalized spacial score (nSPS) is 22.2. The van der Waals surface area contributed by atoms with Crippen LogP contribution in [-0.2, 0) is 4.79 Å². The molecule has 0 heterocycles. The summed E-state index contributed by atoms with van der Waals surface area (Å²) in [7, 11) is 0. The van der Waals surface area contributed by atoms with Gasteiger partial charge in [0.1, 0.15) is 5.78 Å². The molecule has 1 rings (SSSR count). The average Bonchev–Trinajstić information content (AvgIpc) is 2.15. The van der Waals surface area contributed by atoms with Gasteiger partial charge in [-0.15, -0.1) is 6.58 Å². The monoisotopic (exact) mass is 178 g/mol. The van der Waals surface area contributed by atoms with Crippen LogP contribution in [0.15, 0.2) is 24.3 Å². The fraction of sp³-hybridized carbons (Fsp3) is 0.583. The number of hydrogen-bond donors (Lipinski definition) is 0. The van der Waals surface area contributed by atoms with Crippen LogP contribution in [0.3, 0.4) is 0 Å². The van der Waals surface area contributed by atoms with E-state index in [1.54, 1.807) is 6.92 Å². The summed E-state index contributed by atoms with van der Waals surface area (Å²) in [6.45, 7) is 5.41. The molecule has 0 saturated heterocycles. The maximum atomic E-state index is 11.1. The van der Waals surface area contributed by atoms with E-state index in [0.29, 0.717) is 11.7 Å². The summed E-state index contributed by atoms with van der Waals surface area (Å²) in [5.41, 5.74) is 1.51. The van der Waals surface area contributed by atoms with Crippen LogP contribution in [0.2, 0.25) is 0 Å². The number of carbonyl (C=O) groups excluding carboxylic acids is 1. The number of Topliss-reactive ketones (excluding diaryl/α,β-unsaturated/α-hetero) is 1. The minimum absolute atomic E-state index is 0.299. The van der Waals surface area contributed by atoms with Crippen molar-refractivity contribution in [2.75, 3.05) is 0 Å². The molecule has 0 aromatic heterocycles. The SMILES string of the molecule is C=CCCC1=CCC(C(C)=O)CC1. The molecule has 13 heavy (non-hydrogen) atoms. The Morgan fingerprint density at radius 2 is 2.54 bits per heavy atom. The van der Waals surface area contributed by atoms with E-state index in [1.807, 2.05) is 6.08 Å². The lowest BCUT2D eigenvalue weighted by atomic mass is 9.86. The lowest BCUT2D eigenvalue weighted by molar-refractivity contribution is -0.120. The van der Waals surface area contributed by atoms with Crippen LogP contribution in [0.4, 0.5) is 0 Å². The summed E-state index contributed by atoms with van der Waals surface area (Å²) in [5.74, 6) is 0.645. The van der Waals surface area contributed by atoms with Crippen LogP contribution in [0.25, 0.3) is 0 Å². The van der Waals surface area contributed by atoms with Gasteiger partial charge in [0.25, 0.3) is 0 Å². The Morgan fingerprint density at radius 1 is 1.77 bits per heavy atom. The summed E-state index contributed by atoms with van der Waals surface area (Å²) in [6, 6.07) is 0. The maximum Gasteiger partial charge on any atom is 0.133 e. The first kappa shape index (κ1) is 10.2. The van der Waals surface area contributed by atoms with Crippen LogP contribution in [0.1, 0.15) is 39.0 Å². The molecule has 1 heteroatoms. The van der Waals surface area contributed by atoms with Crippen molar-refractivity contribution in [1.29, 1.82) is 0 Å². The van der Waals surface area contributed by atoms with E-state index in [0.717, 1.165) is 32.1 Å². The lowest BCUT2D eigenvalue weighted by Crippen LogP contribution is -2.13. The van der Waals surface area contributed by atoms with Gasteiger partial charge < -0.3 is 0 Å². The largest absolute Gasteiger partial charge is 0.300 e. The molecule has 72 valence electrons. The maximum absolute atomic E-state index is 11.1. The Morgan fingerprint density at radius 3 is 3.00 bits per heavy atom. The highest BCUT2D eigenvalue weighted by molar-refractivity contribution is 5.78. The highest BCUT2D eigenvalue weighted by Gasteiger charge is 2.17. The average molecular weight is 178 g/mol. The Hall–Kier alpha value is -0.850. The fourth-order valence-electron chi connectivity index (χ4n) is 1.77. The first-order valence-corrected chi connectivity index (χ1v) is 5.03. The van der Waals surface area contributed by atoms with Gasteiger partial charge in [0.05, 0.1) is 0 Å². The molecule has 0 aromatic rings. The van der Waals surface area contributed by atoms with Crippen molar-refractivity contribution < 1.29 is 4.79 Å². The third-order valence-corrected chi connectivity index (χ3v) is 2.75. The number of ketones is 1. The molecule has 0 amide bonds. The van der Waals surface area contributed by atoms with Gasteiger partial charge in [-0.25, -0.2) is 0 Å². The quantitative estimate of drug-likeness (QED) is 0.604. The second kappa shape index (κ2) is 5.00. The van der Waals surface area contributed by atoms with E-state index in [9.17, 15) is 4.79 Å². The van der Waals surface area contributed by atoms with Crippen LogP contribution in [0.5, 0.6) is 0 Å². The molecule has 0 saturated carbocycles. The Balaban J connectivity index is 2.38. The second-order valence-corrected chi connectivity index (χ2v) is 3.77. The van der Waals surface area contributed by atoms with Gasteiger partial charge in [0, 0.05) is 5.92 Å². The predicted molar refractivity (Wildman–Crippen MR) is 55.5 cm³/mol. The van der Waals surface area contributed by atoms with Crippen molar-refractivity contribution in [2.45, 2.75) is 39.0 Å². The van der Waals surface area contributed by atoms with Crippen molar-refractivity contribution in [3.05, 3.63) is 24.3 Å². The third-order valence-electron chi connectivity index (χ3n) is 2.75. The minimum atomic E-state index is 0.299. The zero-order valence-electron chi connectivity index (χ0n) is 8.38. The standard InChI is InChI=1S/C12H18O/c1-3-4-5-11-6-8-12(9-7-11)10(2)13/h3,6,12H,1,4-5,7-9H2,2H3. The number of carbonyl (C=O) groups is 1. The molecular weight excluding hydrogens is 160 g/mol. The molecular formula is C12H18O. The summed E-state index contributed by atoms with van der Waals surface area (Å²) < 4.78 is 0. The minimum Gasteiger partial charge on any atom is -0.300 e. The van der Waals surface area contributed by atoms with E-state index < -0.39 is 0 Å². The molecule has 0 fully saturated rings. The van der Waals surface area contributed by atoms with Crippen LogP contribution in [0, 0.1) is 5.92 Å². The van der Waals surface area contributed by atoms with E-state index >= 15 is 0 Å². The van der Waals surface area contributed by atoms with Crippen LogP contribution in [-0.4, -0.2) is 5.78 Å². The zero-order chi connectivity index (χ0) is 9.68. The van der Waals surface area contributed by atoms with Gasteiger partial charge in [0.2, 0.25) is 0 Å². The highest BCUT2D eigenvalue weighted by atomic mass is 16.1. The fourth-order valence-corrected chi connectivity index (χ4v) is 1.77. The number of allylic oxidation sites excluding steroid dienone is 3. The van der Waals surface area contributed by atoms with Crippen molar-refractivity contribution in [2.24, 2.45) is 5.92 Å². The van der Waals surface area contributed by atoms with E-state index in [-0.39, 0.29) is 0 Å². The highest BCUT2D eigenvalue weighted by Crippen LogP contribution is 2.26. The van der Waals surface area contributed by atoms with E-state index in [1.165, 1.54) is 5.57 Å². The third kappa shape index (κ3) is 3.17. The van der Waals surface area contributed by atoms with Crippen molar-refractivity contribution in [1.82, 2.24) is 0 Å². The van der Waals surface area contributed by atoms with Crippen LogP contribution >= 0.6 is 0 Å². The molecule has 0 aliphatic heterocycles. The Labute approximate surface area is 80.5 Å². The molecule has 0 N–H and O–H groups in total. The van der Waals surface area contributed by atoms with Gasteiger partial charge in [-0.2, -0.15) is 0 Å². The van der Waals surface area contributed by atoms with Crippen molar-refractivity contribution in [3.8, 4) is 0 Å². The summed E-state index contributed by atoms with van der Waals surface area (Å²) in [5, 5.41) is 0. The number of rotatable bonds is 4. The van der Waals surface area contributed by atoms with Crippen LogP contribution < -0.4 is 0 Å². The van der Waals surface area contributed by atoms with Gasteiger partial charge in [0.15, 0.2) is 0 Å². The predicted octanol–water partition coefficient (Wildman–Crippen LogP) is 3.27. The van der Waals surface area contributed by atoms with Gasteiger partial charge >= 0.3 is 0 Å². The molecule has 1 aliphatic rings. The van der Waals surface area contributed by atoms with E-state index in [2.05, 4.69) is 12.7 Å². The molecule has 0 bridgehead atoms. The second-order valence-electron chi connectivity index (χ2n) is 3.77. The van der Waals surface area contributed by atoms with Gasteiger partial charge in [-0.05, 0) is 39.0 Å². The first-order chi connectivity index (χ1) is 6.24. The molecule has 1 nitrogen and oxygen atoms in total. The Bertz CT molecular complexity index is 225. The molecule has 0 aromatic carbocycles. The zero-order valence-corrected chi connectivity index (χ0v) is 8.38. The lowest BCUT2D eigenvalue weighted by Gasteiger charge is -2.19. The topological polar surface area (TPSA) is 17.1 Å². The summed E-state index contributed by atoms with van der Waals surface area (Å²) in [4.78, 5) is 11.1. The van der Waals surface area contributed by atoms with Crippen molar-refractivity contribution in [3.63, 3.8) is 0 Å². The molecule has 1 unspecified atom stereocenters. The summed E-state index contributed by atoms with van der Waals surface area (Å²) >= 11 is 0.